The molecular formula is C22H22N6O2. The topological polar surface area (TPSA) is 146 Å². The van der Waals surface area contributed by atoms with Gasteiger partial charge in [-0.05, 0) is 28.8 Å². The van der Waals surface area contributed by atoms with Crippen molar-refractivity contribution in [2.45, 2.75) is 12.3 Å². The molecule has 1 unspecified atom stereocenters. The highest BCUT2D eigenvalue weighted by atomic mass is 16.5. The number of primary amides is 1. The molecule has 0 spiro atoms. The van der Waals surface area contributed by atoms with E-state index in [1.165, 1.54) is 13.2 Å². The fourth-order valence-electron chi connectivity index (χ4n) is 3.83. The highest BCUT2D eigenvalue weighted by Gasteiger charge is 2.28. The number of aromatic amines is 1. The number of ether oxygens (including phenoxy) is 1. The molecule has 3 aromatic carbocycles. The number of rotatable bonds is 6. The standard InChI is InChI=1S/C22H22N6O2/c1-30-21-19(17(23)10-16(20(21)24)22(25)29)15(18-11-26-28-27-18)9-12-6-7-13-4-2-3-5-14(13)8-12/h2-8,10-11,15H,9,23-24H2,1H3,(H2,25,29)(H,26,27,28). The monoisotopic (exact) mass is 402 g/mol. The van der Waals surface area contributed by atoms with Crippen LogP contribution in [0.15, 0.2) is 54.7 Å². The normalized spacial score (nSPS) is 12.0. The Kier molecular flexibility index (Phi) is 4.97. The molecule has 152 valence electrons. The van der Waals surface area contributed by atoms with Gasteiger partial charge in [-0.1, -0.05) is 42.5 Å². The van der Waals surface area contributed by atoms with Gasteiger partial charge in [-0.15, -0.1) is 0 Å². The van der Waals surface area contributed by atoms with E-state index in [2.05, 4.69) is 45.7 Å². The Hall–Kier alpha value is -4.07. The molecule has 8 nitrogen and oxygen atoms in total. The highest BCUT2D eigenvalue weighted by molar-refractivity contribution is 6.01. The number of hydrogen-bond acceptors (Lipinski definition) is 6. The molecule has 0 bridgehead atoms. The van der Waals surface area contributed by atoms with Crippen LogP contribution >= 0.6 is 0 Å². The maximum atomic E-state index is 11.8. The van der Waals surface area contributed by atoms with E-state index in [9.17, 15) is 4.79 Å². The molecule has 0 saturated heterocycles. The molecule has 1 aromatic heterocycles. The zero-order valence-corrected chi connectivity index (χ0v) is 16.4. The number of carbonyl (C=O) groups excluding carboxylic acids is 1. The molecule has 0 aliphatic carbocycles. The number of nitrogens with one attached hydrogen (secondary N) is 1. The van der Waals surface area contributed by atoms with E-state index in [0.29, 0.717) is 29.1 Å². The molecule has 0 saturated carbocycles. The maximum Gasteiger partial charge on any atom is 0.251 e. The van der Waals surface area contributed by atoms with Crippen molar-refractivity contribution in [1.82, 2.24) is 15.4 Å². The fraction of sp³-hybridized carbons (Fsp3) is 0.136. The summed E-state index contributed by atoms with van der Waals surface area (Å²) < 4.78 is 5.56. The molecule has 4 aromatic rings. The number of nitrogens with zero attached hydrogens (tertiary/aromatic N) is 2. The third-order valence-corrected chi connectivity index (χ3v) is 5.25. The van der Waals surface area contributed by atoms with Gasteiger partial charge in [0.1, 0.15) is 5.75 Å². The van der Waals surface area contributed by atoms with Gasteiger partial charge in [0.2, 0.25) is 0 Å². The van der Waals surface area contributed by atoms with Crippen molar-refractivity contribution in [3.05, 3.63) is 77.1 Å². The number of benzene rings is 3. The van der Waals surface area contributed by atoms with Crippen LogP contribution in [0.4, 0.5) is 11.4 Å². The van der Waals surface area contributed by atoms with Gasteiger partial charge in [-0.25, -0.2) is 0 Å². The van der Waals surface area contributed by atoms with Crippen LogP contribution in [-0.2, 0) is 6.42 Å². The molecule has 0 aliphatic rings. The van der Waals surface area contributed by atoms with Gasteiger partial charge in [0.25, 0.3) is 5.91 Å². The Morgan fingerprint density at radius 1 is 1.13 bits per heavy atom. The Labute approximate surface area is 173 Å². The number of amides is 1. The van der Waals surface area contributed by atoms with Crippen LogP contribution in [-0.4, -0.2) is 28.4 Å². The van der Waals surface area contributed by atoms with Crippen LogP contribution in [0.5, 0.6) is 5.75 Å². The number of methoxy groups -OCH3 is 1. The van der Waals surface area contributed by atoms with E-state index < -0.39 is 5.91 Å². The number of hydrogen-bond donors (Lipinski definition) is 4. The zero-order valence-electron chi connectivity index (χ0n) is 16.4. The molecular weight excluding hydrogens is 380 g/mol. The third kappa shape index (κ3) is 3.39. The molecule has 8 heteroatoms. The van der Waals surface area contributed by atoms with E-state index in [1.807, 2.05) is 12.1 Å². The second-order valence-electron chi connectivity index (χ2n) is 7.07. The quantitative estimate of drug-likeness (QED) is 0.365. The minimum Gasteiger partial charge on any atom is -0.494 e. The van der Waals surface area contributed by atoms with Gasteiger partial charge >= 0.3 is 0 Å². The Balaban J connectivity index is 1.86. The van der Waals surface area contributed by atoms with Crippen LogP contribution in [0.25, 0.3) is 10.8 Å². The van der Waals surface area contributed by atoms with Gasteiger partial charge < -0.3 is 21.9 Å². The van der Waals surface area contributed by atoms with Crippen LogP contribution in [0, 0.1) is 0 Å². The minimum absolute atomic E-state index is 0.123. The summed E-state index contributed by atoms with van der Waals surface area (Å²) >= 11 is 0. The van der Waals surface area contributed by atoms with Crippen molar-refractivity contribution in [3.63, 3.8) is 0 Å². The summed E-state index contributed by atoms with van der Waals surface area (Å²) in [5.41, 5.74) is 21.0. The van der Waals surface area contributed by atoms with Crippen molar-refractivity contribution < 1.29 is 9.53 Å². The van der Waals surface area contributed by atoms with E-state index in [0.717, 1.165) is 16.3 Å². The average molecular weight is 402 g/mol. The first kappa shape index (κ1) is 19.3. The van der Waals surface area contributed by atoms with Crippen molar-refractivity contribution in [1.29, 1.82) is 0 Å². The fourth-order valence-corrected chi connectivity index (χ4v) is 3.83. The van der Waals surface area contributed by atoms with Gasteiger partial charge in [0, 0.05) is 17.2 Å². The molecule has 1 amide bonds. The molecule has 0 aliphatic heterocycles. The molecule has 7 N–H and O–H groups in total. The lowest BCUT2D eigenvalue weighted by molar-refractivity contribution is 0.100. The highest BCUT2D eigenvalue weighted by Crippen LogP contribution is 2.42. The van der Waals surface area contributed by atoms with Crippen LogP contribution in [0.1, 0.15) is 33.1 Å². The van der Waals surface area contributed by atoms with Crippen molar-refractivity contribution >= 4 is 28.1 Å². The Morgan fingerprint density at radius 2 is 1.90 bits per heavy atom. The molecule has 4 rings (SSSR count). The first-order valence-electron chi connectivity index (χ1n) is 9.38. The summed E-state index contributed by atoms with van der Waals surface area (Å²) in [6.45, 7) is 0. The summed E-state index contributed by atoms with van der Waals surface area (Å²) in [6, 6.07) is 15.9. The summed E-state index contributed by atoms with van der Waals surface area (Å²) in [7, 11) is 1.48. The first-order chi connectivity index (χ1) is 14.5. The lowest BCUT2D eigenvalue weighted by Gasteiger charge is -2.22. The van der Waals surface area contributed by atoms with Gasteiger partial charge in [0.05, 0.1) is 30.3 Å². The second-order valence-corrected chi connectivity index (χ2v) is 7.07. The number of H-pyrrole nitrogens is 1. The molecule has 0 radical (unpaired) electrons. The van der Waals surface area contributed by atoms with E-state index in [1.54, 1.807) is 6.20 Å². The van der Waals surface area contributed by atoms with Crippen molar-refractivity contribution in [3.8, 4) is 5.75 Å². The van der Waals surface area contributed by atoms with Crippen molar-refractivity contribution in [2.24, 2.45) is 5.73 Å². The van der Waals surface area contributed by atoms with Gasteiger partial charge in [0.15, 0.2) is 0 Å². The zero-order chi connectivity index (χ0) is 21.3. The number of fused-ring (bicyclic) bond motifs is 1. The summed E-state index contributed by atoms with van der Waals surface area (Å²) in [5.74, 6) is -0.654. The van der Waals surface area contributed by atoms with E-state index in [4.69, 9.17) is 21.9 Å². The van der Waals surface area contributed by atoms with Crippen LogP contribution in [0.3, 0.4) is 0 Å². The summed E-state index contributed by atoms with van der Waals surface area (Å²) in [5, 5.41) is 13.2. The average Bonchev–Trinajstić information content (AvgIpc) is 3.27. The largest absolute Gasteiger partial charge is 0.494 e. The first-order valence-corrected chi connectivity index (χ1v) is 9.38. The maximum absolute atomic E-state index is 11.8. The predicted molar refractivity (Wildman–Crippen MR) is 116 cm³/mol. The molecule has 30 heavy (non-hydrogen) atoms. The molecule has 0 fully saturated rings. The Morgan fingerprint density at radius 3 is 2.57 bits per heavy atom. The number of aromatic nitrogens is 3. The summed E-state index contributed by atoms with van der Waals surface area (Å²) in [6.07, 6.45) is 2.22. The minimum atomic E-state index is -0.670. The molecule has 1 heterocycles. The number of nitrogens with two attached hydrogens (primary N) is 3. The number of nitrogen functional groups attached to an aromatic ring is 2. The smallest absolute Gasteiger partial charge is 0.251 e. The second kappa shape index (κ2) is 7.75. The number of anilines is 2. The van der Waals surface area contributed by atoms with Gasteiger partial charge in [-0.2, -0.15) is 15.4 Å². The van der Waals surface area contributed by atoms with Gasteiger partial charge in [-0.3, -0.25) is 4.79 Å². The lowest BCUT2D eigenvalue weighted by atomic mass is 9.86. The van der Waals surface area contributed by atoms with Crippen molar-refractivity contribution in [2.75, 3.05) is 18.6 Å². The lowest BCUT2D eigenvalue weighted by Crippen LogP contribution is -2.18. The Bertz CT molecular complexity index is 1220. The SMILES string of the molecule is COc1c(N)c(C(N)=O)cc(N)c1C(Cc1ccc2ccccc2c1)c1cn[nH]n1. The van der Waals surface area contributed by atoms with E-state index in [-0.39, 0.29) is 17.2 Å². The van der Waals surface area contributed by atoms with Crippen LogP contribution < -0.4 is 21.9 Å². The predicted octanol–water partition coefficient (Wildman–Crippen LogP) is 2.60. The van der Waals surface area contributed by atoms with Crippen LogP contribution in [0.2, 0.25) is 0 Å². The summed E-state index contributed by atoms with van der Waals surface area (Å²) in [4.78, 5) is 11.8. The van der Waals surface area contributed by atoms with E-state index >= 15 is 0 Å². The third-order valence-electron chi connectivity index (χ3n) is 5.25. The number of carbonyl (C=O) groups is 1. The molecule has 1 atom stereocenters.